The van der Waals surface area contributed by atoms with Gasteiger partial charge in [0.25, 0.3) is 0 Å². The lowest BCUT2D eigenvalue weighted by atomic mass is 9.98. The van der Waals surface area contributed by atoms with Crippen LogP contribution in [0.3, 0.4) is 0 Å². The molecule has 0 N–H and O–H groups in total. The van der Waals surface area contributed by atoms with Crippen LogP contribution in [0.4, 0.5) is 0 Å². The zero-order valence-electron chi connectivity index (χ0n) is 10.1. The minimum atomic E-state index is 0.0965. The van der Waals surface area contributed by atoms with Gasteiger partial charge in [-0.15, -0.1) is 0 Å². The molecule has 15 heavy (non-hydrogen) atoms. The molecule has 0 bridgehead atoms. The largest absolute Gasteiger partial charge is 0.337 e. The van der Waals surface area contributed by atoms with E-state index in [4.69, 9.17) is 0 Å². The van der Waals surface area contributed by atoms with Crippen LogP contribution in [-0.4, -0.2) is 15.3 Å². The first kappa shape index (κ1) is 12.0. The molecule has 0 aromatic carbocycles. The molecule has 3 heteroatoms. The molecule has 0 saturated heterocycles. The van der Waals surface area contributed by atoms with Crippen molar-refractivity contribution in [3.63, 3.8) is 0 Å². The molecular formula is C12H20N2O. The summed E-state index contributed by atoms with van der Waals surface area (Å²) in [6, 6.07) is 0. The van der Waals surface area contributed by atoms with Gasteiger partial charge < -0.3 is 4.57 Å². The quantitative estimate of drug-likeness (QED) is 0.697. The molecule has 1 aromatic heterocycles. The van der Waals surface area contributed by atoms with Gasteiger partial charge in [-0.05, 0) is 13.3 Å². The van der Waals surface area contributed by atoms with Gasteiger partial charge in [-0.25, -0.2) is 4.98 Å². The summed E-state index contributed by atoms with van der Waals surface area (Å²) in [5, 5.41) is 0. The Hall–Kier alpha value is -1.12. The van der Waals surface area contributed by atoms with Crippen molar-refractivity contribution in [3.8, 4) is 0 Å². The number of rotatable bonds is 5. The third-order valence-corrected chi connectivity index (χ3v) is 2.80. The molecule has 84 valence electrons. The maximum Gasteiger partial charge on any atom is 0.185 e. The van der Waals surface area contributed by atoms with Crippen LogP contribution in [0.1, 0.15) is 49.4 Å². The fourth-order valence-corrected chi connectivity index (χ4v) is 1.57. The molecule has 1 heterocycles. The summed E-state index contributed by atoms with van der Waals surface area (Å²) < 4.78 is 1.89. The highest BCUT2D eigenvalue weighted by atomic mass is 16.1. The van der Waals surface area contributed by atoms with E-state index >= 15 is 0 Å². The summed E-state index contributed by atoms with van der Waals surface area (Å²) in [5.74, 6) is 1.16. The van der Waals surface area contributed by atoms with E-state index in [1.54, 1.807) is 0 Å². The monoisotopic (exact) mass is 208 g/mol. The van der Waals surface area contributed by atoms with Crippen molar-refractivity contribution in [2.45, 2.75) is 40.0 Å². The van der Waals surface area contributed by atoms with Crippen LogP contribution in [0.5, 0.6) is 0 Å². The van der Waals surface area contributed by atoms with Crippen LogP contribution in [0.25, 0.3) is 0 Å². The fourth-order valence-electron chi connectivity index (χ4n) is 1.57. The van der Waals surface area contributed by atoms with E-state index in [0.29, 0.717) is 5.69 Å². The second kappa shape index (κ2) is 5.10. The van der Waals surface area contributed by atoms with Gasteiger partial charge in [0, 0.05) is 19.2 Å². The first-order chi connectivity index (χ1) is 7.06. The minimum absolute atomic E-state index is 0.0965. The van der Waals surface area contributed by atoms with E-state index in [1.807, 2.05) is 31.7 Å². The van der Waals surface area contributed by atoms with Gasteiger partial charge in [-0.3, -0.25) is 4.79 Å². The SMILES string of the molecule is CCCCC(C)C(=O)c1cn(C)c(C)n1. The van der Waals surface area contributed by atoms with Crippen LogP contribution < -0.4 is 0 Å². The lowest BCUT2D eigenvalue weighted by Crippen LogP contribution is -2.11. The van der Waals surface area contributed by atoms with Gasteiger partial charge in [0.15, 0.2) is 5.78 Å². The Morgan fingerprint density at radius 3 is 2.73 bits per heavy atom. The van der Waals surface area contributed by atoms with Gasteiger partial charge >= 0.3 is 0 Å². The van der Waals surface area contributed by atoms with Crippen molar-refractivity contribution >= 4 is 5.78 Å². The van der Waals surface area contributed by atoms with Crippen LogP contribution in [0, 0.1) is 12.8 Å². The summed E-state index contributed by atoms with van der Waals surface area (Å²) in [4.78, 5) is 16.2. The maximum atomic E-state index is 11.9. The van der Waals surface area contributed by atoms with Gasteiger partial charge in [0.2, 0.25) is 0 Å². The number of aromatic nitrogens is 2. The predicted molar refractivity (Wildman–Crippen MR) is 61.0 cm³/mol. The molecule has 1 atom stereocenters. The van der Waals surface area contributed by atoms with E-state index in [0.717, 1.165) is 25.1 Å². The van der Waals surface area contributed by atoms with Gasteiger partial charge in [-0.2, -0.15) is 0 Å². The molecule has 0 aliphatic heterocycles. The molecule has 0 spiro atoms. The number of ketones is 1. The number of hydrogen-bond acceptors (Lipinski definition) is 2. The maximum absolute atomic E-state index is 11.9. The van der Waals surface area contributed by atoms with Crippen molar-refractivity contribution in [1.29, 1.82) is 0 Å². The standard InChI is InChI=1S/C12H20N2O/c1-5-6-7-9(2)12(15)11-8-14(4)10(3)13-11/h8-9H,5-7H2,1-4H3. The third kappa shape index (κ3) is 2.91. The Labute approximate surface area is 91.5 Å². The van der Waals surface area contributed by atoms with Crippen LogP contribution in [0.2, 0.25) is 0 Å². The Morgan fingerprint density at radius 1 is 1.60 bits per heavy atom. The summed E-state index contributed by atoms with van der Waals surface area (Å²) in [6.45, 7) is 6.04. The molecule has 0 amide bonds. The van der Waals surface area contributed by atoms with E-state index in [2.05, 4.69) is 11.9 Å². The number of hydrogen-bond donors (Lipinski definition) is 0. The molecule has 0 fully saturated rings. The molecule has 1 unspecified atom stereocenters. The average molecular weight is 208 g/mol. The highest BCUT2D eigenvalue weighted by Gasteiger charge is 2.17. The van der Waals surface area contributed by atoms with Crippen molar-refractivity contribution in [1.82, 2.24) is 9.55 Å². The summed E-state index contributed by atoms with van der Waals surface area (Å²) in [7, 11) is 1.91. The Morgan fingerprint density at radius 2 is 2.27 bits per heavy atom. The lowest BCUT2D eigenvalue weighted by Gasteiger charge is -2.06. The molecule has 1 aromatic rings. The third-order valence-electron chi connectivity index (χ3n) is 2.80. The lowest BCUT2D eigenvalue weighted by molar-refractivity contribution is 0.0918. The molecule has 0 radical (unpaired) electrons. The topological polar surface area (TPSA) is 34.9 Å². The number of Topliss-reactive ketones (excluding diaryl/α,β-unsaturated/α-hetero) is 1. The Kier molecular flexibility index (Phi) is 4.06. The zero-order valence-corrected chi connectivity index (χ0v) is 10.1. The van der Waals surface area contributed by atoms with E-state index < -0.39 is 0 Å². The van der Waals surface area contributed by atoms with Crippen molar-refractivity contribution in [3.05, 3.63) is 17.7 Å². The number of aryl methyl sites for hydroxylation is 2. The van der Waals surface area contributed by atoms with Gasteiger partial charge in [0.05, 0.1) is 0 Å². The predicted octanol–water partition coefficient (Wildman–Crippen LogP) is 2.74. The molecule has 1 rings (SSSR count). The second-order valence-corrected chi connectivity index (χ2v) is 4.19. The van der Waals surface area contributed by atoms with E-state index in [9.17, 15) is 4.79 Å². The average Bonchev–Trinajstić information content (AvgIpc) is 2.54. The summed E-state index contributed by atoms with van der Waals surface area (Å²) >= 11 is 0. The van der Waals surface area contributed by atoms with Crippen LogP contribution >= 0.6 is 0 Å². The number of carbonyl (C=O) groups excluding carboxylic acids is 1. The van der Waals surface area contributed by atoms with Crippen molar-refractivity contribution in [2.24, 2.45) is 13.0 Å². The molecule has 0 aliphatic carbocycles. The number of imidazole rings is 1. The van der Waals surface area contributed by atoms with E-state index in [-0.39, 0.29) is 11.7 Å². The number of unbranched alkanes of at least 4 members (excludes halogenated alkanes) is 1. The highest BCUT2D eigenvalue weighted by Crippen LogP contribution is 2.14. The Bertz CT molecular complexity index is 322. The normalized spacial score (nSPS) is 12.8. The number of nitrogens with zero attached hydrogens (tertiary/aromatic N) is 2. The van der Waals surface area contributed by atoms with E-state index in [1.165, 1.54) is 0 Å². The van der Waals surface area contributed by atoms with Crippen LogP contribution in [-0.2, 0) is 7.05 Å². The molecular weight excluding hydrogens is 188 g/mol. The smallest absolute Gasteiger partial charge is 0.185 e. The van der Waals surface area contributed by atoms with Crippen molar-refractivity contribution in [2.75, 3.05) is 0 Å². The first-order valence-electron chi connectivity index (χ1n) is 5.60. The van der Waals surface area contributed by atoms with Gasteiger partial charge in [-0.1, -0.05) is 26.7 Å². The van der Waals surface area contributed by atoms with Gasteiger partial charge in [0.1, 0.15) is 11.5 Å². The van der Waals surface area contributed by atoms with Crippen molar-refractivity contribution < 1.29 is 4.79 Å². The highest BCUT2D eigenvalue weighted by molar-refractivity contribution is 5.95. The molecule has 0 aliphatic rings. The van der Waals surface area contributed by atoms with Crippen LogP contribution in [0.15, 0.2) is 6.20 Å². The molecule has 0 saturated carbocycles. The summed E-state index contributed by atoms with van der Waals surface area (Å²) in [6.07, 6.45) is 5.03. The zero-order chi connectivity index (χ0) is 11.4. The molecule has 3 nitrogen and oxygen atoms in total. The summed E-state index contributed by atoms with van der Waals surface area (Å²) in [5.41, 5.74) is 0.610. The first-order valence-corrected chi connectivity index (χ1v) is 5.60. The fraction of sp³-hybridized carbons (Fsp3) is 0.667. The Balaban J connectivity index is 2.67. The minimum Gasteiger partial charge on any atom is -0.337 e. The number of carbonyl (C=O) groups is 1. The second-order valence-electron chi connectivity index (χ2n) is 4.19.